The van der Waals surface area contributed by atoms with Crippen molar-refractivity contribution in [1.29, 1.82) is 0 Å². The first-order valence-corrected chi connectivity index (χ1v) is 18.7. The molecule has 5 rings (SSSR count). The van der Waals surface area contributed by atoms with Gasteiger partial charge in [-0.2, -0.15) is 8.78 Å². The second kappa shape index (κ2) is 18.4. The molecule has 0 amide bonds. The van der Waals surface area contributed by atoms with E-state index in [1.54, 1.807) is 6.07 Å². The first kappa shape index (κ1) is 40.2. The molecule has 0 unspecified atom stereocenters. The van der Waals surface area contributed by atoms with Crippen LogP contribution in [0.2, 0.25) is 0 Å². The third-order valence-corrected chi connectivity index (χ3v) is 10.4. The Morgan fingerprint density at radius 2 is 1.06 bits per heavy atom. The van der Waals surface area contributed by atoms with Gasteiger partial charge in [0.1, 0.15) is 34.6 Å². The molecule has 1 aliphatic carbocycles. The summed E-state index contributed by atoms with van der Waals surface area (Å²) in [5.74, 6) is -11.1. The monoisotopic (exact) mass is 748 g/mol. The van der Waals surface area contributed by atoms with Gasteiger partial charge < -0.3 is 4.74 Å². The fourth-order valence-electron chi connectivity index (χ4n) is 7.44. The van der Waals surface area contributed by atoms with Crippen LogP contribution in [0.15, 0.2) is 60.7 Å². The van der Waals surface area contributed by atoms with Gasteiger partial charge in [-0.1, -0.05) is 102 Å². The molecular formula is C43H45F9O. The molecule has 0 N–H and O–H groups in total. The molecular weight excluding hydrogens is 703 g/mol. The summed E-state index contributed by atoms with van der Waals surface area (Å²) in [6, 6.07) is 9.49. The Hall–Kier alpha value is -3.95. The molecule has 0 heterocycles. The highest BCUT2D eigenvalue weighted by atomic mass is 19.3. The van der Waals surface area contributed by atoms with E-state index in [1.165, 1.54) is 82.8 Å². The molecule has 1 fully saturated rings. The Bertz CT molecular complexity index is 1780. The van der Waals surface area contributed by atoms with E-state index in [0.29, 0.717) is 18.1 Å². The lowest BCUT2D eigenvalue weighted by Gasteiger charge is -2.29. The second-order valence-electron chi connectivity index (χ2n) is 14.3. The third-order valence-electron chi connectivity index (χ3n) is 10.4. The summed E-state index contributed by atoms with van der Waals surface area (Å²) in [7, 11) is 0. The van der Waals surface area contributed by atoms with E-state index in [0.717, 1.165) is 43.4 Å². The number of alkyl halides is 2. The van der Waals surface area contributed by atoms with E-state index in [-0.39, 0.29) is 34.7 Å². The molecule has 4 aromatic carbocycles. The Morgan fingerprint density at radius 1 is 0.547 bits per heavy atom. The van der Waals surface area contributed by atoms with Crippen molar-refractivity contribution in [1.82, 2.24) is 0 Å². The van der Waals surface area contributed by atoms with Crippen LogP contribution in [-0.2, 0) is 6.11 Å². The maximum atomic E-state index is 15.4. The van der Waals surface area contributed by atoms with E-state index in [1.807, 2.05) is 6.07 Å². The smallest absolute Gasteiger partial charge is 0.429 e. The highest BCUT2D eigenvalue weighted by molar-refractivity contribution is 5.72. The van der Waals surface area contributed by atoms with E-state index < -0.39 is 63.7 Å². The standard InChI is InChI=1S/C43H45F9O/c1-2-3-4-5-6-7-8-9-10-11-12-27-13-15-28(16-14-27)29-17-19-33(35(44)21-29)30-18-20-34(36(45)22-30)31-23-37(46)41(38(47)24-31)43(51,52)53-32-25-39(48)42(50)40(49)26-32/h17-28H,2-16H2,1H3. The summed E-state index contributed by atoms with van der Waals surface area (Å²) in [5, 5.41) is 0. The highest BCUT2D eigenvalue weighted by Gasteiger charge is 2.41. The third kappa shape index (κ3) is 10.4. The SMILES string of the molecule is CCCCCCCCCCCCC1CCC(c2ccc(-c3ccc(-c4cc(F)c(C(F)(F)Oc5cc(F)c(F)c(F)c5)c(F)c4)c(F)c3)c(F)c2)CC1. The molecule has 4 aromatic rings. The minimum Gasteiger partial charge on any atom is -0.429 e. The van der Waals surface area contributed by atoms with Crippen LogP contribution < -0.4 is 4.74 Å². The Kier molecular flexibility index (Phi) is 14.0. The van der Waals surface area contributed by atoms with Crippen molar-refractivity contribution >= 4 is 0 Å². The second-order valence-corrected chi connectivity index (χ2v) is 14.3. The van der Waals surface area contributed by atoms with Gasteiger partial charge in [0, 0.05) is 23.3 Å². The summed E-state index contributed by atoms with van der Waals surface area (Å²) in [5.41, 5.74) is -1.51. The van der Waals surface area contributed by atoms with Gasteiger partial charge in [0.05, 0.1) is 0 Å². The molecule has 286 valence electrons. The minimum absolute atomic E-state index is 0.0921. The van der Waals surface area contributed by atoms with Crippen LogP contribution in [0.3, 0.4) is 0 Å². The van der Waals surface area contributed by atoms with Crippen molar-refractivity contribution in [2.24, 2.45) is 5.92 Å². The Balaban J connectivity index is 1.17. The number of unbranched alkanes of at least 4 members (excludes halogenated alkanes) is 9. The van der Waals surface area contributed by atoms with Crippen LogP contribution in [0.5, 0.6) is 5.75 Å². The van der Waals surface area contributed by atoms with E-state index in [2.05, 4.69) is 11.7 Å². The molecule has 0 radical (unpaired) electrons. The fraction of sp³-hybridized carbons (Fsp3) is 0.442. The first-order chi connectivity index (χ1) is 25.4. The molecule has 10 heteroatoms. The summed E-state index contributed by atoms with van der Waals surface area (Å²) in [6.45, 7) is 2.24. The van der Waals surface area contributed by atoms with Crippen molar-refractivity contribution in [3.8, 4) is 28.0 Å². The molecule has 0 atom stereocenters. The molecule has 0 bridgehead atoms. The molecule has 1 aliphatic rings. The lowest BCUT2D eigenvalue weighted by molar-refractivity contribution is -0.189. The predicted molar refractivity (Wildman–Crippen MR) is 189 cm³/mol. The summed E-state index contributed by atoms with van der Waals surface area (Å²) >= 11 is 0. The van der Waals surface area contributed by atoms with Crippen LogP contribution in [0.25, 0.3) is 22.3 Å². The normalized spacial score (nSPS) is 16.3. The van der Waals surface area contributed by atoms with Crippen molar-refractivity contribution < 1.29 is 44.3 Å². The van der Waals surface area contributed by atoms with Crippen molar-refractivity contribution in [3.05, 3.63) is 113 Å². The zero-order valence-corrected chi connectivity index (χ0v) is 29.8. The molecule has 1 saturated carbocycles. The topological polar surface area (TPSA) is 9.23 Å². The lowest BCUT2D eigenvalue weighted by atomic mass is 9.77. The number of rotatable bonds is 17. The quantitative estimate of drug-likeness (QED) is 0.0594. The first-order valence-electron chi connectivity index (χ1n) is 18.7. The minimum atomic E-state index is -4.79. The maximum absolute atomic E-state index is 15.4. The van der Waals surface area contributed by atoms with Gasteiger partial charge in [0.15, 0.2) is 17.5 Å². The fourth-order valence-corrected chi connectivity index (χ4v) is 7.44. The number of ether oxygens (including phenoxy) is 1. The number of hydrogen-bond acceptors (Lipinski definition) is 1. The van der Waals surface area contributed by atoms with Gasteiger partial charge in [-0.05, 0) is 78.5 Å². The molecule has 0 aromatic heterocycles. The van der Waals surface area contributed by atoms with Crippen LogP contribution in [-0.4, -0.2) is 0 Å². The molecule has 0 saturated heterocycles. The van der Waals surface area contributed by atoms with Gasteiger partial charge in [-0.3, -0.25) is 0 Å². The van der Waals surface area contributed by atoms with Crippen LogP contribution in [0.1, 0.15) is 120 Å². The molecule has 1 nitrogen and oxygen atoms in total. The van der Waals surface area contributed by atoms with Gasteiger partial charge >= 0.3 is 6.11 Å². The summed E-state index contributed by atoms with van der Waals surface area (Å²) in [4.78, 5) is 0. The van der Waals surface area contributed by atoms with E-state index in [9.17, 15) is 30.7 Å². The Labute approximate surface area is 305 Å². The van der Waals surface area contributed by atoms with Crippen molar-refractivity contribution in [2.45, 2.75) is 115 Å². The zero-order chi connectivity index (χ0) is 38.1. The van der Waals surface area contributed by atoms with Crippen molar-refractivity contribution in [2.75, 3.05) is 0 Å². The zero-order valence-electron chi connectivity index (χ0n) is 29.8. The molecule has 0 spiro atoms. The average molecular weight is 749 g/mol. The van der Waals surface area contributed by atoms with E-state index >= 15 is 8.78 Å². The number of benzene rings is 4. The maximum Gasteiger partial charge on any atom is 0.432 e. The molecule has 0 aliphatic heterocycles. The largest absolute Gasteiger partial charge is 0.432 e. The lowest BCUT2D eigenvalue weighted by Crippen LogP contribution is -2.25. The van der Waals surface area contributed by atoms with Gasteiger partial charge in [-0.25, -0.2) is 30.7 Å². The van der Waals surface area contributed by atoms with Crippen LogP contribution in [0.4, 0.5) is 39.5 Å². The van der Waals surface area contributed by atoms with Crippen LogP contribution >= 0.6 is 0 Å². The van der Waals surface area contributed by atoms with E-state index in [4.69, 9.17) is 0 Å². The van der Waals surface area contributed by atoms with Crippen LogP contribution in [0, 0.1) is 46.6 Å². The summed E-state index contributed by atoms with van der Waals surface area (Å²) < 4.78 is 134. The molecule has 53 heavy (non-hydrogen) atoms. The summed E-state index contributed by atoms with van der Waals surface area (Å²) in [6.07, 6.45) is 13.8. The number of hydrogen-bond donors (Lipinski definition) is 0. The average Bonchev–Trinajstić information content (AvgIpc) is 3.11. The van der Waals surface area contributed by atoms with Gasteiger partial charge in [0.2, 0.25) is 0 Å². The predicted octanol–water partition coefficient (Wildman–Crippen LogP) is 14.7. The van der Waals surface area contributed by atoms with Gasteiger partial charge in [-0.15, -0.1) is 0 Å². The van der Waals surface area contributed by atoms with Gasteiger partial charge in [0.25, 0.3) is 0 Å². The van der Waals surface area contributed by atoms with Crippen molar-refractivity contribution in [3.63, 3.8) is 0 Å². The highest BCUT2D eigenvalue weighted by Crippen LogP contribution is 2.41. The Morgan fingerprint density at radius 3 is 1.62 bits per heavy atom. The number of halogens is 9.